The standard InChI is InChI=1S/C18H14N4O2S/c23-16(13-6-4-10-19-12-13)21-22-17(24)15-9-5-11-20-18(15)25-14-7-2-1-3-8-14/h1-12H,(H,21,23)(H,22,24). The van der Waals surface area contributed by atoms with Crippen molar-refractivity contribution >= 4 is 23.6 Å². The third-order valence-electron chi connectivity index (χ3n) is 3.19. The van der Waals surface area contributed by atoms with Crippen molar-refractivity contribution in [3.63, 3.8) is 0 Å². The van der Waals surface area contributed by atoms with E-state index in [4.69, 9.17) is 0 Å². The monoisotopic (exact) mass is 350 g/mol. The average molecular weight is 350 g/mol. The van der Waals surface area contributed by atoms with Gasteiger partial charge in [0.15, 0.2) is 0 Å². The zero-order valence-electron chi connectivity index (χ0n) is 13.0. The van der Waals surface area contributed by atoms with E-state index in [1.807, 2.05) is 30.3 Å². The van der Waals surface area contributed by atoms with Crippen LogP contribution in [0.4, 0.5) is 0 Å². The second-order valence-electron chi connectivity index (χ2n) is 4.92. The predicted molar refractivity (Wildman–Crippen MR) is 94.0 cm³/mol. The van der Waals surface area contributed by atoms with E-state index in [-0.39, 0.29) is 0 Å². The van der Waals surface area contributed by atoms with E-state index in [0.717, 1.165) is 4.90 Å². The van der Waals surface area contributed by atoms with Crippen molar-refractivity contribution in [3.8, 4) is 0 Å². The zero-order chi connectivity index (χ0) is 17.5. The van der Waals surface area contributed by atoms with Crippen LogP contribution >= 0.6 is 11.8 Å². The summed E-state index contributed by atoms with van der Waals surface area (Å²) in [7, 11) is 0. The van der Waals surface area contributed by atoms with Gasteiger partial charge < -0.3 is 0 Å². The molecular weight excluding hydrogens is 336 g/mol. The molecule has 25 heavy (non-hydrogen) atoms. The van der Waals surface area contributed by atoms with Gasteiger partial charge in [0.25, 0.3) is 11.8 Å². The van der Waals surface area contributed by atoms with Crippen LogP contribution in [0.1, 0.15) is 20.7 Å². The van der Waals surface area contributed by atoms with Gasteiger partial charge in [-0.1, -0.05) is 30.0 Å². The van der Waals surface area contributed by atoms with Crippen LogP contribution < -0.4 is 10.9 Å². The van der Waals surface area contributed by atoms with Crippen LogP contribution in [0.15, 0.2) is 83.1 Å². The molecule has 0 bridgehead atoms. The number of carbonyl (C=O) groups is 2. The van der Waals surface area contributed by atoms with Crippen LogP contribution in [0, 0.1) is 0 Å². The van der Waals surface area contributed by atoms with Gasteiger partial charge in [-0.2, -0.15) is 0 Å². The molecule has 0 radical (unpaired) electrons. The predicted octanol–water partition coefficient (Wildman–Crippen LogP) is 2.70. The summed E-state index contributed by atoms with van der Waals surface area (Å²) in [6.07, 6.45) is 4.61. The molecule has 0 unspecified atom stereocenters. The summed E-state index contributed by atoms with van der Waals surface area (Å²) >= 11 is 1.38. The molecule has 1 aromatic carbocycles. The molecule has 0 aliphatic rings. The summed E-state index contributed by atoms with van der Waals surface area (Å²) in [5.74, 6) is -0.883. The number of nitrogens with one attached hydrogen (secondary N) is 2. The molecule has 0 fully saturated rings. The lowest BCUT2D eigenvalue weighted by Gasteiger charge is -2.10. The molecule has 0 spiro atoms. The fourth-order valence-electron chi connectivity index (χ4n) is 2.00. The highest BCUT2D eigenvalue weighted by Gasteiger charge is 2.14. The quantitative estimate of drug-likeness (QED) is 0.707. The number of nitrogens with zero attached hydrogens (tertiary/aromatic N) is 2. The molecule has 0 saturated heterocycles. The average Bonchev–Trinajstić information content (AvgIpc) is 2.68. The van der Waals surface area contributed by atoms with Crippen LogP contribution in [0.3, 0.4) is 0 Å². The van der Waals surface area contributed by atoms with Crippen molar-refractivity contribution in [3.05, 3.63) is 84.3 Å². The van der Waals surface area contributed by atoms with Crippen LogP contribution in [-0.4, -0.2) is 21.8 Å². The van der Waals surface area contributed by atoms with E-state index in [1.165, 1.54) is 18.0 Å². The summed E-state index contributed by atoms with van der Waals surface area (Å²) in [6.45, 7) is 0. The number of hydrogen-bond donors (Lipinski definition) is 2. The normalized spacial score (nSPS) is 10.1. The van der Waals surface area contributed by atoms with Crippen molar-refractivity contribution < 1.29 is 9.59 Å². The summed E-state index contributed by atoms with van der Waals surface area (Å²) in [5.41, 5.74) is 5.51. The molecule has 2 amide bonds. The second-order valence-corrected chi connectivity index (χ2v) is 5.98. The van der Waals surface area contributed by atoms with Gasteiger partial charge in [-0.25, -0.2) is 4.98 Å². The summed E-state index contributed by atoms with van der Waals surface area (Å²) < 4.78 is 0. The van der Waals surface area contributed by atoms with Gasteiger partial charge in [-0.3, -0.25) is 25.4 Å². The maximum absolute atomic E-state index is 12.4. The van der Waals surface area contributed by atoms with Crippen molar-refractivity contribution in [2.75, 3.05) is 0 Å². The molecular formula is C18H14N4O2S. The van der Waals surface area contributed by atoms with Gasteiger partial charge in [-0.05, 0) is 36.4 Å². The number of amides is 2. The first-order chi connectivity index (χ1) is 12.2. The van der Waals surface area contributed by atoms with Crippen molar-refractivity contribution in [1.29, 1.82) is 0 Å². The fraction of sp³-hybridized carbons (Fsp3) is 0. The minimum absolute atomic E-state index is 0.355. The third kappa shape index (κ3) is 4.42. The minimum Gasteiger partial charge on any atom is -0.267 e. The number of rotatable bonds is 4. The highest BCUT2D eigenvalue weighted by atomic mass is 32.2. The Morgan fingerprint density at radius 1 is 0.840 bits per heavy atom. The molecule has 0 atom stereocenters. The third-order valence-corrected chi connectivity index (χ3v) is 4.21. The lowest BCUT2D eigenvalue weighted by molar-refractivity contribution is 0.0844. The van der Waals surface area contributed by atoms with Crippen LogP contribution in [-0.2, 0) is 0 Å². The smallest absolute Gasteiger partial charge is 0.267 e. The molecule has 124 valence electrons. The van der Waals surface area contributed by atoms with E-state index in [2.05, 4.69) is 20.8 Å². The largest absolute Gasteiger partial charge is 0.272 e. The maximum atomic E-state index is 12.4. The molecule has 2 aromatic heterocycles. The first-order valence-corrected chi connectivity index (χ1v) is 8.24. The molecule has 7 heteroatoms. The van der Waals surface area contributed by atoms with Crippen LogP contribution in [0.5, 0.6) is 0 Å². The Kier molecular flexibility index (Phi) is 5.38. The first-order valence-electron chi connectivity index (χ1n) is 7.42. The molecule has 2 heterocycles. The van der Waals surface area contributed by atoms with Gasteiger partial charge in [0, 0.05) is 23.5 Å². The number of aromatic nitrogens is 2. The first kappa shape index (κ1) is 16.7. The van der Waals surface area contributed by atoms with Gasteiger partial charge in [-0.15, -0.1) is 0 Å². The Balaban J connectivity index is 1.69. The summed E-state index contributed by atoms with van der Waals surface area (Å²) in [4.78, 5) is 33.5. The van der Waals surface area contributed by atoms with Crippen molar-refractivity contribution in [2.45, 2.75) is 9.92 Å². The number of benzene rings is 1. The lowest BCUT2D eigenvalue weighted by atomic mass is 10.2. The van der Waals surface area contributed by atoms with E-state index in [9.17, 15) is 9.59 Å². The Labute approximate surface area is 148 Å². The molecule has 3 rings (SSSR count). The maximum Gasteiger partial charge on any atom is 0.272 e. The van der Waals surface area contributed by atoms with E-state index < -0.39 is 11.8 Å². The van der Waals surface area contributed by atoms with Crippen LogP contribution in [0.2, 0.25) is 0 Å². The van der Waals surface area contributed by atoms with E-state index in [0.29, 0.717) is 16.2 Å². The lowest BCUT2D eigenvalue weighted by Crippen LogP contribution is -2.41. The number of hydrogen-bond acceptors (Lipinski definition) is 5. The molecule has 6 nitrogen and oxygen atoms in total. The minimum atomic E-state index is -0.442. The highest BCUT2D eigenvalue weighted by Crippen LogP contribution is 2.28. The Bertz CT molecular complexity index is 873. The number of carbonyl (C=O) groups excluding carboxylic acids is 2. The number of hydrazine groups is 1. The van der Waals surface area contributed by atoms with E-state index in [1.54, 1.807) is 36.7 Å². The highest BCUT2D eigenvalue weighted by molar-refractivity contribution is 7.99. The van der Waals surface area contributed by atoms with Gasteiger partial charge in [0.2, 0.25) is 0 Å². The summed E-state index contributed by atoms with van der Waals surface area (Å²) in [5, 5.41) is 0.557. The SMILES string of the molecule is O=C(NNC(=O)c1cccnc1Sc1ccccc1)c1cccnc1. The molecule has 0 saturated carbocycles. The Hall–Kier alpha value is -3.19. The fourth-order valence-corrected chi connectivity index (χ4v) is 2.90. The summed E-state index contributed by atoms with van der Waals surface area (Å²) in [6, 6.07) is 16.2. The van der Waals surface area contributed by atoms with Gasteiger partial charge >= 0.3 is 0 Å². The molecule has 0 aliphatic carbocycles. The molecule has 0 aliphatic heterocycles. The van der Waals surface area contributed by atoms with Crippen LogP contribution in [0.25, 0.3) is 0 Å². The van der Waals surface area contributed by atoms with E-state index >= 15 is 0 Å². The Morgan fingerprint density at radius 2 is 1.60 bits per heavy atom. The Morgan fingerprint density at radius 3 is 2.36 bits per heavy atom. The molecule has 3 aromatic rings. The topological polar surface area (TPSA) is 84.0 Å². The van der Waals surface area contributed by atoms with Crippen molar-refractivity contribution in [2.24, 2.45) is 0 Å². The van der Waals surface area contributed by atoms with Gasteiger partial charge in [0.1, 0.15) is 5.03 Å². The number of pyridine rings is 2. The van der Waals surface area contributed by atoms with Crippen molar-refractivity contribution in [1.82, 2.24) is 20.8 Å². The second kappa shape index (κ2) is 8.07. The van der Waals surface area contributed by atoms with Gasteiger partial charge in [0.05, 0.1) is 11.1 Å². The molecule has 2 N–H and O–H groups in total. The zero-order valence-corrected chi connectivity index (χ0v) is 13.9.